The van der Waals surface area contributed by atoms with Gasteiger partial charge in [0.1, 0.15) is 24.4 Å². The molecule has 0 amide bonds. The van der Waals surface area contributed by atoms with Crippen molar-refractivity contribution < 1.29 is 9.30 Å². The van der Waals surface area contributed by atoms with E-state index in [-0.39, 0.29) is 0 Å². The summed E-state index contributed by atoms with van der Waals surface area (Å²) in [4.78, 5) is 20.4. The van der Waals surface area contributed by atoms with E-state index < -0.39 is 7.14 Å². The molecular formula is C32H43N8O2P. The van der Waals surface area contributed by atoms with Crippen LogP contribution in [-0.4, -0.2) is 97.0 Å². The Morgan fingerprint density at radius 2 is 1.72 bits per heavy atom. The minimum absolute atomic E-state index is 0.438. The zero-order chi connectivity index (χ0) is 30.0. The molecule has 2 saturated heterocycles. The van der Waals surface area contributed by atoms with Gasteiger partial charge in [-0.2, -0.15) is 9.97 Å². The van der Waals surface area contributed by atoms with Crippen LogP contribution in [0.5, 0.6) is 5.75 Å². The number of ether oxygens (including phenoxy) is 1. The number of benzene rings is 2. The minimum Gasteiger partial charge on any atom is -0.492 e. The van der Waals surface area contributed by atoms with E-state index in [9.17, 15) is 4.57 Å². The molecule has 3 N–H and O–H groups in total. The molecule has 0 spiro atoms. The van der Waals surface area contributed by atoms with Gasteiger partial charge in [0.25, 0.3) is 0 Å². The monoisotopic (exact) mass is 602 g/mol. The summed E-state index contributed by atoms with van der Waals surface area (Å²) in [7, 11) is -0.288. The van der Waals surface area contributed by atoms with Crippen molar-refractivity contribution in [1.82, 2.24) is 24.8 Å². The molecule has 10 nitrogen and oxygen atoms in total. The van der Waals surface area contributed by atoms with E-state index in [0.29, 0.717) is 30.1 Å². The first-order valence-corrected chi connectivity index (χ1v) is 17.9. The number of anilines is 5. The van der Waals surface area contributed by atoms with Gasteiger partial charge in [0.15, 0.2) is 0 Å². The van der Waals surface area contributed by atoms with Crippen LogP contribution >= 0.6 is 7.14 Å². The molecular weight excluding hydrogens is 559 g/mol. The Balaban J connectivity index is 1.21. The fourth-order valence-corrected chi connectivity index (χ4v) is 7.31. The standard InChI is InChI=1S/C32H43N8O2P/c1-5-42-28-22-24(39-16-13-23(14-17-39)40-20-18-38(2)19-21-40)10-11-26(28)35-32-36-30-25(12-15-33-30)31(37-32)34-27-8-6-7-9-29(27)43(3,4)41/h6-12,15,22-23H,5,13-14,16-21H2,1-4H3,(H3,33,34,35,36,37). The average molecular weight is 603 g/mol. The summed E-state index contributed by atoms with van der Waals surface area (Å²) in [5, 5.41) is 8.47. The molecule has 43 heavy (non-hydrogen) atoms. The quantitative estimate of drug-likeness (QED) is 0.220. The number of para-hydroxylation sites is 1. The second kappa shape index (κ2) is 12.6. The number of H-pyrrole nitrogens is 1. The number of rotatable bonds is 9. The van der Waals surface area contributed by atoms with Crippen LogP contribution in [0.25, 0.3) is 11.0 Å². The number of nitrogens with one attached hydrogen (secondary N) is 3. The predicted octanol–water partition coefficient (Wildman–Crippen LogP) is 5.31. The first-order valence-electron chi connectivity index (χ1n) is 15.3. The topological polar surface area (TPSA) is 102 Å². The fraction of sp³-hybridized carbons (Fsp3) is 0.438. The summed E-state index contributed by atoms with van der Waals surface area (Å²) in [5.41, 5.74) is 3.46. The number of likely N-dealkylation sites (N-methyl/N-ethyl adjacent to an activating group) is 1. The normalized spacial score (nSPS) is 17.3. The summed E-state index contributed by atoms with van der Waals surface area (Å²) in [6, 6.07) is 16.6. The molecule has 0 aliphatic carbocycles. The first kappa shape index (κ1) is 29.5. The summed E-state index contributed by atoms with van der Waals surface area (Å²) in [6.07, 6.45) is 4.21. The van der Waals surface area contributed by atoms with Gasteiger partial charge in [0.05, 0.1) is 23.4 Å². The van der Waals surface area contributed by atoms with E-state index in [1.54, 1.807) is 13.3 Å². The largest absolute Gasteiger partial charge is 0.492 e. The highest BCUT2D eigenvalue weighted by atomic mass is 31.2. The molecule has 0 atom stereocenters. The maximum absolute atomic E-state index is 13.0. The van der Waals surface area contributed by atoms with Crippen molar-refractivity contribution in [3.05, 3.63) is 54.7 Å². The average Bonchev–Trinajstić information content (AvgIpc) is 3.48. The van der Waals surface area contributed by atoms with Gasteiger partial charge in [-0.25, -0.2) is 0 Å². The predicted molar refractivity (Wildman–Crippen MR) is 178 cm³/mol. The summed E-state index contributed by atoms with van der Waals surface area (Å²) in [5.74, 6) is 1.84. The number of piperazine rings is 1. The van der Waals surface area contributed by atoms with Gasteiger partial charge in [-0.15, -0.1) is 0 Å². The molecule has 4 aromatic rings. The molecule has 0 bridgehead atoms. The van der Waals surface area contributed by atoms with Crippen LogP contribution in [0.4, 0.5) is 28.8 Å². The van der Waals surface area contributed by atoms with E-state index in [2.05, 4.69) is 55.6 Å². The summed E-state index contributed by atoms with van der Waals surface area (Å²) in [6.45, 7) is 12.9. The second-order valence-electron chi connectivity index (χ2n) is 11.9. The van der Waals surface area contributed by atoms with Gasteiger partial charge in [0.2, 0.25) is 5.95 Å². The number of fused-ring (bicyclic) bond motifs is 1. The smallest absolute Gasteiger partial charge is 0.231 e. The van der Waals surface area contributed by atoms with E-state index >= 15 is 0 Å². The maximum atomic E-state index is 13.0. The molecule has 2 fully saturated rings. The molecule has 2 aromatic carbocycles. The van der Waals surface area contributed by atoms with Crippen molar-refractivity contribution >= 4 is 52.3 Å². The van der Waals surface area contributed by atoms with Crippen LogP contribution in [0.15, 0.2) is 54.7 Å². The Kier molecular flexibility index (Phi) is 8.61. The lowest BCUT2D eigenvalue weighted by Crippen LogP contribution is -2.52. The van der Waals surface area contributed by atoms with Gasteiger partial charge >= 0.3 is 0 Å². The van der Waals surface area contributed by atoms with Crippen molar-refractivity contribution in [3.63, 3.8) is 0 Å². The molecule has 0 unspecified atom stereocenters. The number of aromatic nitrogens is 3. The lowest BCUT2D eigenvalue weighted by Gasteiger charge is -2.42. The van der Waals surface area contributed by atoms with E-state index in [1.165, 1.54) is 31.6 Å². The number of hydrogen-bond donors (Lipinski definition) is 3. The third-order valence-corrected chi connectivity index (χ3v) is 10.1. The van der Waals surface area contributed by atoms with Gasteiger partial charge in [-0.05, 0) is 70.5 Å². The molecule has 4 heterocycles. The number of piperidine rings is 1. The Hall–Kier alpha value is -3.59. The molecule has 6 rings (SSSR count). The molecule has 2 aliphatic heterocycles. The summed E-state index contributed by atoms with van der Waals surface area (Å²) >= 11 is 0. The van der Waals surface area contributed by atoms with Crippen molar-refractivity contribution in [2.45, 2.75) is 25.8 Å². The van der Waals surface area contributed by atoms with Crippen molar-refractivity contribution in [1.29, 1.82) is 0 Å². The second-order valence-corrected chi connectivity index (χ2v) is 15.1. The number of nitrogens with zero attached hydrogens (tertiary/aromatic N) is 5. The molecule has 2 aromatic heterocycles. The lowest BCUT2D eigenvalue weighted by molar-refractivity contribution is 0.0982. The number of aromatic amines is 1. The first-order chi connectivity index (χ1) is 20.8. The van der Waals surface area contributed by atoms with E-state index in [1.807, 2.05) is 43.5 Å². The van der Waals surface area contributed by atoms with Gasteiger partial charge in [-0.3, -0.25) is 4.90 Å². The van der Waals surface area contributed by atoms with Crippen molar-refractivity contribution in [3.8, 4) is 5.75 Å². The molecule has 2 aliphatic rings. The van der Waals surface area contributed by atoms with Gasteiger partial charge in [-0.1, -0.05) is 12.1 Å². The highest BCUT2D eigenvalue weighted by Gasteiger charge is 2.27. The van der Waals surface area contributed by atoms with Crippen LogP contribution in [-0.2, 0) is 4.57 Å². The lowest BCUT2D eigenvalue weighted by atomic mass is 10.0. The fourth-order valence-electron chi connectivity index (χ4n) is 6.15. The Morgan fingerprint density at radius 1 is 0.953 bits per heavy atom. The van der Waals surface area contributed by atoms with Crippen LogP contribution in [0.2, 0.25) is 0 Å². The molecule has 11 heteroatoms. The Labute approximate surface area is 254 Å². The van der Waals surface area contributed by atoms with Crippen LogP contribution in [0, 0.1) is 0 Å². The molecule has 228 valence electrons. The highest BCUT2D eigenvalue weighted by molar-refractivity contribution is 7.70. The Morgan fingerprint density at radius 3 is 2.47 bits per heavy atom. The summed E-state index contributed by atoms with van der Waals surface area (Å²) < 4.78 is 19.1. The maximum Gasteiger partial charge on any atom is 0.231 e. The third-order valence-electron chi connectivity index (χ3n) is 8.55. The minimum atomic E-state index is -2.50. The zero-order valence-electron chi connectivity index (χ0n) is 25.6. The molecule has 0 saturated carbocycles. The van der Waals surface area contributed by atoms with Crippen molar-refractivity contribution in [2.75, 3.05) is 81.8 Å². The van der Waals surface area contributed by atoms with Crippen LogP contribution in [0.1, 0.15) is 19.8 Å². The van der Waals surface area contributed by atoms with E-state index in [0.717, 1.165) is 54.0 Å². The highest BCUT2D eigenvalue weighted by Crippen LogP contribution is 2.39. The van der Waals surface area contributed by atoms with Crippen LogP contribution < -0.4 is 25.6 Å². The van der Waals surface area contributed by atoms with Crippen molar-refractivity contribution in [2.24, 2.45) is 0 Å². The Bertz CT molecular complexity index is 1600. The SMILES string of the molecule is CCOc1cc(N2CCC(N3CCN(C)CC3)CC2)ccc1Nc1nc(Nc2ccccc2P(C)(C)=O)c2cc[nH]c2n1. The zero-order valence-corrected chi connectivity index (χ0v) is 26.5. The molecule has 0 radical (unpaired) electrons. The van der Waals surface area contributed by atoms with Crippen LogP contribution in [0.3, 0.4) is 0 Å². The third kappa shape index (κ3) is 6.66. The number of hydrogen-bond acceptors (Lipinski definition) is 9. The van der Waals surface area contributed by atoms with Gasteiger partial charge in [0, 0.05) is 68.6 Å². The van der Waals surface area contributed by atoms with Gasteiger partial charge < -0.3 is 34.7 Å². The van der Waals surface area contributed by atoms with E-state index in [4.69, 9.17) is 14.7 Å².